The average molecular weight is 423 g/mol. The van der Waals surface area contributed by atoms with Crippen LogP contribution in [0.25, 0.3) is 6.08 Å². The van der Waals surface area contributed by atoms with Crippen LogP contribution in [0.4, 0.5) is 5.69 Å². The molecule has 0 radical (unpaired) electrons. The first-order valence-electron chi connectivity index (χ1n) is 11.2. The van der Waals surface area contributed by atoms with E-state index in [1.807, 2.05) is 43.3 Å². The molecular formula is C26H34N2O3. The van der Waals surface area contributed by atoms with Crippen molar-refractivity contribution in [3.63, 3.8) is 0 Å². The number of aromatic hydroxyl groups is 1. The second kappa shape index (κ2) is 10.5. The second-order valence-corrected chi connectivity index (χ2v) is 8.35. The van der Waals surface area contributed by atoms with E-state index in [1.54, 1.807) is 18.2 Å². The molecule has 2 aromatic carbocycles. The monoisotopic (exact) mass is 422 g/mol. The number of ether oxygens (including phenoxy) is 1. The lowest BCUT2D eigenvalue weighted by Gasteiger charge is -2.23. The summed E-state index contributed by atoms with van der Waals surface area (Å²) in [6.07, 6.45) is 6.22. The molecule has 1 heterocycles. The first-order chi connectivity index (χ1) is 14.9. The van der Waals surface area contributed by atoms with Gasteiger partial charge in [-0.3, -0.25) is 9.69 Å². The number of phenolic OH excluding ortho intramolecular Hbond substituents is 1. The van der Waals surface area contributed by atoms with Crippen molar-refractivity contribution in [1.29, 1.82) is 0 Å². The lowest BCUT2D eigenvalue weighted by molar-refractivity contribution is 0.101. The van der Waals surface area contributed by atoms with Crippen LogP contribution in [-0.2, 0) is 6.54 Å². The first-order valence-corrected chi connectivity index (χ1v) is 11.2. The lowest BCUT2D eigenvalue weighted by atomic mass is 10.0. The summed E-state index contributed by atoms with van der Waals surface area (Å²) in [4.78, 5) is 17.3. The van der Waals surface area contributed by atoms with Gasteiger partial charge in [0.1, 0.15) is 11.5 Å². The lowest BCUT2D eigenvalue weighted by Crippen LogP contribution is -2.25. The molecule has 0 saturated heterocycles. The molecule has 0 atom stereocenters. The fourth-order valence-electron chi connectivity index (χ4n) is 3.73. The maximum atomic E-state index is 13.0. The maximum absolute atomic E-state index is 13.0. The number of carbonyl (C=O) groups is 1. The fraction of sp³-hybridized carbons (Fsp3) is 0.423. The molecule has 1 N–H and O–H groups in total. The molecule has 0 fully saturated rings. The predicted octanol–water partition coefficient (Wildman–Crippen LogP) is 5.48. The van der Waals surface area contributed by atoms with E-state index in [2.05, 4.69) is 18.7 Å². The maximum Gasteiger partial charge on any atom is 0.231 e. The smallest absolute Gasteiger partial charge is 0.231 e. The second-order valence-electron chi connectivity index (χ2n) is 8.35. The largest absolute Gasteiger partial charge is 0.507 e. The highest BCUT2D eigenvalue weighted by molar-refractivity contribution is 6.15. The Hall–Kier alpha value is -2.79. The number of hydrogen-bond acceptors (Lipinski definition) is 5. The number of allylic oxidation sites excluding steroid dienone is 1. The molecule has 0 spiro atoms. The highest BCUT2D eigenvalue weighted by Crippen LogP contribution is 2.40. The molecule has 5 heteroatoms. The van der Waals surface area contributed by atoms with Crippen LogP contribution in [0, 0.1) is 0 Å². The number of phenols is 1. The van der Waals surface area contributed by atoms with Gasteiger partial charge in [0.25, 0.3) is 0 Å². The van der Waals surface area contributed by atoms with Crippen molar-refractivity contribution in [2.24, 2.45) is 0 Å². The van der Waals surface area contributed by atoms with Crippen LogP contribution in [0.3, 0.4) is 0 Å². The minimum Gasteiger partial charge on any atom is -0.507 e. The number of hydrogen-bond donors (Lipinski definition) is 1. The Morgan fingerprint density at radius 1 is 0.968 bits per heavy atom. The van der Waals surface area contributed by atoms with Gasteiger partial charge in [0.15, 0.2) is 5.76 Å². The van der Waals surface area contributed by atoms with Crippen LogP contribution in [0.5, 0.6) is 11.5 Å². The van der Waals surface area contributed by atoms with Gasteiger partial charge in [0, 0.05) is 26.3 Å². The molecule has 166 valence electrons. The summed E-state index contributed by atoms with van der Waals surface area (Å²) in [5, 5.41) is 10.6. The normalized spacial score (nSPS) is 14.2. The summed E-state index contributed by atoms with van der Waals surface area (Å²) in [6, 6.07) is 11.2. The molecule has 0 bridgehead atoms. The van der Waals surface area contributed by atoms with Gasteiger partial charge in [-0.2, -0.15) is 0 Å². The number of nitrogens with zero attached hydrogens (tertiary/aromatic N) is 2. The van der Waals surface area contributed by atoms with E-state index in [4.69, 9.17) is 4.74 Å². The minimum atomic E-state index is -0.137. The van der Waals surface area contributed by atoms with Gasteiger partial charge in [0.2, 0.25) is 5.78 Å². The Balaban J connectivity index is 1.86. The molecule has 5 nitrogen and oxygen atoms in total. The number of rotatable bonds is 10. The van der Waals surface area contributed by atoms with E-state index in [9.17, 15) is 9.90 Å². The molecule has 0 aliphatic carbocycles. The first kappa shape index (κ1) is 22.9. The van der Waals surface area contributed by atoms with Gasteiger partial charge in [-0.15, -0.1) is 0 Å². The molecule has 1 aliphatic heterocycles. The molecule has 0 saturated carbocycles. The third-order valence-electron chi connectivity index (χ3n) is 5.66. The van der Waals surface area contributed by atoms with Crippen molar-refractivity contribution in [1.82, 2.24) is 4.90 Å². The van der Waals surface area contributed by atoms with Crippen molar-refractivity contribution in [3.8, 4) is 11.5 Å². The van der Waals surface area contributed by atoms with Crippen LogP contribution in [-0.4, -0.2) is 43.0 Å². The Kier molecular flexibility index (Phi) is 7.75. The van der Waals surface area contributed by atoms with Crippen LogP contribution in [0.1, 0.15) is 61.0 Å². The van der Waals surface area contributed by atoms with E-state index >= 15 is 0 Å². The Morgan fingerprint density at radius 3 is 2.19 bits per heavy atom. The summed E-state index contributed by atoms with van der Waals surface area (Å²) in [5.74, 6) is 0.843. The van der Waals surface area contributed by atoms with Crippen molar-refractivity contribution in [2.45, 2.75) is 46.1 Å². The van der Waals surface area contributed by atoms with Gasteiger partial charge in [-0.1, -0.05) is 38.8 Å². The molecular weight excluding hydrogens is 388 g/mol. The van der Waals surface area contributed by atoms with Gasteiger partial charge in [-0.05, 0) is 61.8 Å². The van der Waals surface area contributed by atoms with Crippen molar-refractivity contribution in [2.75, 3.05) is 32.1 Å². The molecule has 0 aromatic heterocycles. The minimum absolute atomic E-state index is 0.137. The molecule has 1 aliphatic rings. The van der Waals surface area contributed by atoms with Gasteiger partial charge >= 0.3 is 0 Å². The number of Topliss-reactive ketones (excluding diaryl/α,β-unsaturated/α-hetero) is 1. The molecule has 0 unspecified atom stereocenters. The van der Waals surface area contributed by atoms with Crippen molar-refractivity contribution < 1.29 is 14.6 Å². The highest BCUT2D eigenvalue weighted by Gasteiger charge is 2.31. The Labute approximate surface area is 185 Å². The number of benzene rings is 2. The zero-order valence-corrected chi connectivity index (χ0v) is 19.1. The third-order valence-corrected chi connectivity index (χ3v) is 5.66. The zero-order chi connectivity index (χ0) is 22.4. The van der Waals surface area contributed by atoms with Gasteiger partial charge in [0.05, 0.1) is 11.1 Å². The molecule has 2 aromatic rings. The van der Waals surface area contributed by atoms with Crippen LogP contribution in [0.15, 0.2) is 42.2 Å². The van der Waals surface area contributed by atoms with E-state index in [0.29, 0.717) is 29.2 Å². The quantitative estimate of drug-likeness (QED) is 0.514. The van der Waals surface area contributed by atoms with Crippen molar-refractivity contribution in [3.05, 3.63) is 58.8 Å². The summed E-state index contributed by atoms with van der Waals surface area (Å²) in [7, 11) is 3.98. The highest BCUT2D eigenvalue weighted by atomic mass is 16.5. The SMILES string of the molecule is CCCCN(CCCC)Cc1c(O)ccc2c1O/C(=C/c1ccc(N(C)C)cc1)C2=O. The predicted molar refractivity (Wildman–Crippen MR) is 127 cm³/mol. The number of carbonyl (C=O) groups excluding carboxylic acids is 1. The van der Waals surface area contributed by atoms with E-state index in [0.717, 1.165) is 50.0 Å². The summed E-state index contributed by atoms with van der Waals surface area (Å²) in [5.41, 5.74) is 3.22. The Morgan fingerprint density at radius 2 is 1.61 bits per heavy atom. The molecule has 0 amide bonds. The van der Waals surface area contributed by atoms with Crippen LogP contribution in [0.2, 0.25) is 0 Å². The van der Waals surface area contributed by atoms with Crippen LogP contribution < -0.4 is 9.64 Å². The van der Waals surface area contributed by atoms with Gasteiger partial charge in [-0.25, -0.2) is 0 Å². The summed E-state index contributed by atoms with van der Waals surface area (Å²) < 4.78 is 6.04. The number of ketones is 1. The standard InChI is InChI=1S/C26H34N2O3/c1-5-7-15-28(16-8-6-2)18-22-23(29)14-13-21-25(30)24(31-26(21)22)17-19-9-11-20(12-10-19)27(3)4/h9-14,17,29H,5-8,15-16,18H2,1-4H3/b24-17+. The van der Waals surface area contributed by atoms with Crippen molar-refractivity contribution >= 4 is 17.5 Å². The van der Waals surface area contributed by atoms with E-state index < -0.39 is 0 Å². The third kappa shape index (κ3) is 5.47. The summed E-state index contributed by atoms with van der Waals surface area (Å²) in [6.45, 7) is 6.87. The Bertz CT molecular complexity index is 924. The van der Waals surface area contributed by atoms with E-state index in [-0.39, 0.29) is 11.5 Å². The molecule has 31 heavy (non-hydrogen) atoms. The number of fused-ring (bicyclic) bond motifs is 1. The zero-order valence-electron chi connectivity index (χ0n) is 19.1. The number of unbranched alkanes of at least 4 members (excludes halogenated alkanes) is 2. The average Bonchev–Trinajstić information content (AvgIpc) is 3.07. The van der Waals surface area contributed by atoms with E-state index in [1.165, 1.54) is 0 Å². The van der Waals surface area contributed by atoms with Crippen LogP contribution >= 0.6 is 0 Å². The molecule has 3 rings (SSSR count). The van der Waals surface area contributed by atoms with Gasteiger partial charge < -0.3 is 14.7 Å². The topological polar surface area (TPSA) is 53.0 Å². The number of anilines is 1. The summed E-state index contributed by atoms with van der Waals surface area (Å²) >= 11 is 0. The fourth-order valence-corrected chi connectivity index (χ4v) is 3.73.